The van der Waals surface area contributed by atoms with E-state index in [1.807, 2.05) is 31.2 Å². The van der Waals surface area contributed by atoms with E-state index in [1.165, 1.54) is 5.69 Å². The minimum Gasteiger partial charge on any atom is -0.504 e. The van der Waals surface area contributed by atoms with Gasteiger partial charge >= 0.3 is 5.97 Å². The molecule has 0 atom stereocenters. The Kier molecular flexibility index (Phi) is 8.78. The van der Waals surface area contributed by atoms with E-state index < -0.39 is 18.4 Å². The average Bonchev–Trinajstić information content (AvgIpc) is 2.86. The molecule has 1 saturated heterocycles. The number of aromatic hydroxyl groups is 1. The van der Waals surface area contributed by atoms with Crippen LogP contribution in [0.1, 0.15) is 47.3 Å². The number of hydrogen-bond donors (Lipinski definition) is 3. The Morgan fingerprint density at radius 3 is 2.49 bits per heavy atom. The molecule has 1 aromatic heterocycles. The van der Waals surface area contributed by atoms with E-state index in [-0.39, 0.29) is 11.4 Å². The summed E-state index contributed by atoms with van der Waals surface area (Å²) in [6.45, 7) is 8.74. The number of carboxylic acids is 1. The molecule has 1 aliphatic heterocycles. The van der Waals surface area contributed by atoms with Crippen molar-refractivity contribution in [2.75, 3.05) is 24.5 Å². The third-order valence-corrected chi connectivity index (χ3v) is 6.06. The second-order valence-electron chi connectivity index (χ2n) is 8.53. The second-order valence-corrected chi connectivity index (χ2v) is 8.53. The zero-order valence-electron chi connectivity index (χ0n) is 20.2. The third-order valence-electron chi connectivity index (χ3n) is 6.06. The number of nitrogens with zero attached hydrogens (tertiary/aromatic N) is 3. The van der Waals surface area contributed by atoms with Crippen LogP contribution in [0.4, 0.5) is 5.69 Å². The first-order chi connectivity index (χ1) is 16.8. The van der Waals surface area contributed by atoms with E-state index in [0.29, 0.717) is 23.9 Å². The van der Waals surface area contributed by atoms with Gasteiger partial charge in [0.1, 0.15) is 12.4 Å². The number of amides is 1. The van der Waals surface area contributed by atoms with Crippen LogP contribution < -0.4 is 10.2 Å². The number of aromatic nitrogens is 2. The van der Waals surface area contributed by atoms with Crippen LogP contribution in [0, 0.1) is 12.8 Å². The number of allylic oxidation sites excluding steroid dienone is 5. The maximum Gasteiger partial charge on any atom is 0.322 e. The van der Waals surface area contributed by atoms with Gasteiger partial charge in [0.25, 0.3) is 5.91 Å². The van der Waals surface area contributed by atoms with Crippen LogP contribution in [0.5, 0.6) is 5.75 Å². The fourth-order valence-electron chi connectivity index (χ4n) is 4.11. The first-order valence-electron chi connectivity index (χ1n) is 11.7. The molecule has 2 aromatic rings. The molecule has 35 heavy (non-hydrogen) atoms. The molecule has 8 nitrogen and oxygen atoms in total. The molecule has 0 bridgehead atoms. The van der Waals surface area contributed by atoms with Gasteiger partial charge in [-0.15, -0.1) is 0 Å². The lowest BCUT2D eigenvalue weighted by Crippen LogP contribution is -2.34. The van der Waals surface area contributed by atoms with Crippen molar-refractivity contribution in [3.05, 3.63) is 77.9 Å². The van der Waals surface area contributed by atoms with E-state index in [4.69, 9.17) is 5.11 Å². The molecule has 184 valence electrons. The van der Waals surface area contributed by atoms with Crippen LogP contribution in [0.3, 0.4) is 0 Å². The summed E-state index contributed by atoms with van der Waals surface area (Å²) in [5, 5.41) is 21.2. The smallest absolute Gasteiger partial charge is 0.322 e. The zero-order valence-corrected chi connectivity index (χ0v) is 20.2. The van der Waals surface area contributed by atoms with Crippen molar-refractivity contribution in [1.29, 1.82) is 0 Å². The fraction of sp³-hybridized carbons (Fsp3) is 0.333. The number of hydrogen-bond acceptors (Lipinski definition) is 6. The number of piperidine rings is 1. The Balaban J connectivity index is 1.62. The van der Waals surface area contributed by atoms with Gasteiger partial charge in [0.2, 0.25) is 0 Å². The van der Waals surface area contributed by atoms with E-state index >= 15 is 0 Å². The highest BCUT2D eigenvalue weighted by Crippen LogP contribution is 2.28. The largest absolute Gasteiger partial charge is 0.504 e. The summed E-state index contributed by atoms with van der Waals surface area (Å²) < 4.78 is 0. The minimum absolute atomic E-state index is 0.186. The van der Waals surface area contributed by atoms with Crippen molar-refractivity contribution in [3.8, 4) is 5.75 Å². The van der Waals surface area contributed by atoms with Gasteiger partial charge in [0.05, 0.1) is 5.69 Å². The Morgan fingerprint density at radius 2 is 1.89 bits per heavy atom. The highest BCUT2D eigenvalue weighted by atomic mass is 16.4. The van der Waals surface area contributed by atoms with Gasteiger partial charge in [-0.3, -0.25) is 9.59 Å². The van der Waals surface area contributed by atoms with Crippen molar-refractivity contribution in [1.82, 2.24) is 15.3 Å². The highest BCUT2D eigenvalue weighted by Gasteiger charge is 2.23. The van der Waals surface area contributed by atoms with Crippen LogP contribution in [0.15, 0.2) is 55.1 Å². The third kappa shape index (κ3) is 6.79. The lowest BCUT2D eigenvalue weighted by Gasteiger charge is -2.33. The lowest BCUT2D eigenvalue weighted by molar-refractivity contribution is -0.135. The number of aliphatic carboxylic acids is 1. The molecule has 1 fully saturated rings. The highest BCUT2D eigenvalue weighted by molar-refractivity contribution is 5.96. The number of carboxylic acid groups (broad SMARTS) is 1. The maximum atomic E-state index is 12.3. The van der Waals surface area contributed by atoms with Gasteiger partial charge in [-0.1, -0.05) is 43.0 Å². The first kappa shape index (κ1) is 25.7. The molecule has 2 heterocycles. The molecular weight excluding hydrogens is 444 g/mol. The Morgan fingerprint density at radius 1 is 1.20 bits per heavy atom. The molecule has 1 aliphatic rings. The van der Waals surface area contributed by atoms with Crippen molar-refractivity contribution in [2.24, 2.45) is 5.92 Å². The number of nitrogens with one attached hydrogen (secondary N) is 1. The standard InChI is InChI=1S/C27H32N4O4/c1-4-6-7-20(5-2)21-8-10-22(11-9-21)31-14-12-19(13-15-31)16-23-29-18(3)26(34)25(30-23)27(35)28-17-24(32)33/h4-11,19,34H,2,12-17H2,1,3H3,(H,28,35)(H,32,33)/b6-4-,20-7+. The van der Waals surface area contributed by atoms with E-state index in [2.05, 4.69) is 51.0 Å². The molecule has 1 aromatic carbocycles. The van der Waals surface area contributed by atoms with E-state index in [1.54, 1.807) is 6.92 Å². The molecule has 3 rings (SSSR count). The maximum absolute atomic E-state index is 12.3. The molecule has 0 saturated carbocycles. The summed E-state index contributed by atoms with van der Waals surface area (Å²) in [5.41, 5.74) is 3.49. The molecule has 1 amide bonds. The predicted octanol–water partition coefficient (Wildman–Crippen LogP) is 3.91. The van der Waals surface area contributed by atoms with Crippen LogP contribution in [0.25, 0.3) is 5.57 Å². The zero-order chi connectivity index (χ0) is 25.4. The molecular formula is C27H32N4O4. The Hall–Kier alpha value is -3.94. The van der Waals surface area contributed by atoms with Crippen LogP contribution in [-0.4, -0.2) is 51.7 Å². The summed E-state index contributed by atoms with van der Waals surface area (Å²) in [7, 11) is 0. The molecule has 3 N–H and O–H groups in total. The fourth-order valence-corrected chi connectivity index (χ4v) is 4.11. The molecule has 0 unspecified atom stereocenters. The van der Waals surface area contributed by atoms with Gasteiger partial charge in [-0.05, 0) is 55.9 Å². The second kappa shape index (κ2) is 12.0. The average molecular weight is 477 g/mol. The summed E-state index contributed by atoms with van der Waals surface area (Å²) in [6.07, 6.45) is 10.4. The van der Waals surface area contributed by atoms with Crippen molar-refractivity contribution >= 4 is 23.1 Å². The van der Waals surface area contributed by atoms with Gasteiger partial charge in [0.15, 0.2) is 11.4 Å². The predicted molar refractivity (Wildman–Crippen MR) is 136 cm³/mol. The molecule has 0 aliphatic carbocycles. The van der Waals surface area contributed by atoms with Crippen LogP contribution in [0.2, 0.25) is 0 Å². The Labute approximate surface area is 205 Å². The number of aryl methyl sites for hydroxylation is 1. The topological polar surface area (TPSA) is 116 Å². The summed E-state index contributed by atoms with van der Waals surface area (Å²) in [4.78, 5) is 33.9. The number of rotatable bonds is 9. The summed E-state index contributed by atoms with van der Waals surface area (Å²) >= 11 is 0. The summed E-state index contributed by atoms with van der Waals surface area (Å²) in [6, 6.07) is 8.50. The van der Waals surface area contributed by atoms with E-state index in [9.17, 15) is 14.7 Å². The van der Waals surface area contributed by atoms with Crippen LogP contribution in [-0.2, 0) is 11.2 Å². The number of anilines is 1. The quantitative estimate of drug-likeness (QED) is 0.470. The number of carbonyl (C=O) groups is 2. The number of benzene rings is 1. The lowest BCUT2D eigenvalue weighted by atomic mass is 9.92. The SMILES string of the molecule is C=C/C(=C\C=C/C)c1ccc(N2CCC(Cc3nc(C)c(O)c(C(=O)NCC(=O)O)n3)CC2)cc1. The monoisotopic (exact) mass is 476 g/mol. The summed E-state index contributed by atoms with van der Waals surface area (Å²) in [5.74, 6) is -1.39. The molecule has 0 radical (unpaired) electrons. The van der Waals surface area contributed by atoms with Crippen molar-refractivity contribution in [2.45, 2.75) is 33.1 Å². The van der Waals surface area contributed by atoms with E-state index in [0.717, 1.165) is 37.1 Å². The van der Waals surface area contributed by atoms with Crippen molar-refractivity contribution < 1.29 is 19.8 Å². The van der Waals surface area contributed by atoms with Gasteiger partial charge in [0, 0.05) is 25.2 Å². The molecule has 0 spiro atoms. The molecule has 8 heteroatoms. The first-order valence-corrected chi connectivity index (χ1v) is 11.7. The van der Waals surface area contributed by atoms with Gasteiger partial charge in [-0.2, -0.15) is 0 Å². The Bertz CT molecular complexity index is 1130. The van der Waals surface area contributed by atoms with Gasteiger partial charge < -0.3 is 20.4 Å². The van der Waals surface area contributed by atoms with Crippen molar-refractivity contribution in [3.63, 3.8) is 0 Å². The number of carbonyl (C=O) groups excluding carboxylic acids is 1. The minimum atomic E-state index is -1.17. The van der Waals surface area contributed by atoms with Gasteiger partial charge in [-0.25, -0.2) is 9.97 Å². The normalized spacial score (nSPS) is 14.8. The van der Waals surface area contributed by atoms with Crippen LogP contribution >= 0.6 is 0 Å².